The van der Waals surface area contributed by atoms with E-state index in [-0.39, 0.29) is 11.4 Å². The molecule has 6 nitrogen and oxygen atoms in total. The second-order valence-corrected chi connectivity index (χ2v) is 5.90. The van der Waals surface area contributed by atoms with Crippen molar-refractivity contribution in [3.63, 3.8) is 0 Å². The zero-order valence-electron chi connectivity index (χ0n) is 12.9. The first kappa shape index (κ1) is 14.8. The Balaban J connectivity index is 2.14. The second-order valence-electron chi connectivity index (χ2n) is 5.90. The van der Waals surface area contributed by atoms with Crippen LogP contribution in [-0.2, 0) is 6.54 Å². The van der Waals surface area contributed by atoms with E-state index in [9.17, 15) is 4.79 Å². The first-order chi connectivity index (χ1) is 9.41. The van der Waals surface area contributed by atoms with E-state index < -0.39 is 0 Å². The van der Waals surface area contributed by atoms with Gasteiger partial charge in [0.15, 0.2) is 0 Å². The molecule has 0 unspecified atom stereocenters. The highest BCUT2D eigenvalue weighted by Crippen LogP contribution is 2.36. The van der Waals surface area contributed by atoms with Crippen LogP contribution in [0.1, 0.15) is 36.7 Å². The normalized spacial score (nSPS) is 17.1. The number of nitrogens with two attached hydrogens (primary N) is 1. The Bertz CT molecular complexity index is 490. The first-order valence-electron chi connectivity index (χ1n) is 7.15. The minimum absolute atomic E-state index is 0.0463. The van der Waals surface area contributed by atoms with E-state index in [1.165, 1.54) is 6.42 Å². The van der Waals surface area contributed by atoms with E-state index in [1.807, 2.05) is 14.0 Å². The predicted molar refractivity (Wildman–Crippen MR) is 79.5 cm³/mol. The van der Waals surface area contributed by atoms with Gasteiger partial charge in [-0.1, -0.05) is 0 Å². The molecule has 1 fully saturated rings. The van der Waals surface area contributed by atoms with E-state index in [0.29, 0.717) is 17.9 Å². The maximum Gasteiger partial charge on any atom is 0.274 e. The Labute approximate surface area is 120 Å². The molecule has 0 saturated heterocycles. The van der Waals surface area contributed by atoms with Crippen LogP contribution >= 0.6 is 0 Å². The molecule has 1 aromatic rings. The number of hydrogen-bond donors (Lipinski definition) is 1. The van der Waals surface area contributed by atoms with Crippen LogP contribution in [0.3, 0.4) is 0 Å². The van der Waals surface area contributed by atoms with Crippen molar-refractivity contribution in [3.05, 3.63) is 11.9 Å². The minimum Gasteiger partial charge on any atom is -0.396 e. The van der Waals surface area contributed by atoms with E-state index in [4.69, 9.17) is 5.73 Å². The van der Waals surface area contributed by atoms with Gasteiger partial charge in [-0.2, -0.15) is 5.10 Å². The van der Waals surface area contributed by atoms with Gasteiger partial charge in [-0.25, -0.2) is 0 Å². The lowest BCUT2D eigenvalue weighted by atomic mass is 9.75. The second kappa shape index (κ2) is 5.44. The quantitative estimate of drug-likeness (QED) is 0.874. The van der Waals surface area contributed by atoms with Gasteiger partial charge in [0, 0.05) is 25.7 Å². The maximum atomic E-state index is 12.6. The van der Waals surface area contributed by atoms with Crippen molar-refractivity contribution < 1.29 is 4.79 Å². The Kier molecular flexibility index (Phi) is 4.04. The van der Waals surface area contributed by atoms with Gasteiger partial charge >= 0.3 is 0 Å². The van der Waals surface area contributed by atoms with Crippen molar-refractivity contribution in [3.8, 4) is 0 Å². The van der Waals surface area contributed by atoms with E-state index in [2.05, 4.69) is 24.1 Å². The lowest BCUT2D eigenvalue weighted by Gasteiger charge is -2.49. The number of aromatic nitrogens is 2. The van der Waals surface area contributed by atoms with Crippen LogP contribution in [0.15, 0.2) is 6.20 Å². The molecule has 2 rings (SSSR count). The summed E-state index contributed by atoms with van der Waals surface area (Å²) in [6, 6.07) is 0. The summed E-state index contributed by atoms with van der Waals surface area (Å²) in [5, 5.41) is 4.14. The highest BCUT2D eigenvalue weighted by Gasteiger charge is 2.41. The van der Waals surface area contributed by atoms with Crippen LogP contribution in [0.2, 0.25) is 0 Å². The highest BCUT2D eigenvalue weighted by molar-refractivity contribution is 5.97. The van der Waals surface area contributed by atoms with Gasteiger partial charge in [0.05, 0.1) is 11.9 Å². The van der Waals surface area contributed by atoms with Gasteiger partial charge < -0.3 is 15.5 Å². The third-order valence-corrected chi connectivity index (χ3v) is 4.48. The zero-order chi connectivity index (χ0) is 14.9. The fourth-order valence-electron chi connectivity index (χ4n) is 2.90. The molecule has 1 heterocycles. The summed E-state index contributed by atoms with van der Waals surface area (Å²) in [6.07, 6.45) is 5.06. The first-order valence-corrected chi connectivity index (χ1v) is 7.15. The number of carbonyl (C=O) groups is 1. The molecule has 0 aliphatic heterocycles. The third-order valence-electron chi connectivity index (χ3n) is 4.48. The Morgan fingerprint density at radius 2 is 2.10 bits per heavy atom. The SMILES string of the molecule is CCn1ncc(N)c1C(=O)N(C)CC1(N(C)C)CCC1. The minimum atomic E-state index is -0.0463. The van der Waals surface area contributed by atoms with Crippen LogP contribution in [0.5, 0.6) is 0 Å². The summed E-state index contributed by atoms with van der Waals surface area (Å²) in [4.78, 5) is 16.6. The number of aryl methyl sites for hydroxylation is 1. The van der Waals surface area contributed by atoms with E-state index in [1.54, 1.807) is 15.8 Å². The van der Waals surface area contributed by atoms with E-state index >= 15 is 0 Å². The van der Waals surface area contributed by atoms with E-state index in [0.717, 1.165) is 19.4 Å². The third kappa shape index (κ3) is 2.40. The van der Waals surface area contributed by atoms with Crippen LogP contribution in [0.4, 0.5) is 5.69 Å². The van der Waals surface area contributed by atoms with Crippen molar-refractivity contribution in [2.24, 2.45) is 0 Å². The van der Waals surface area contributed by atoms with Crippen LogP contribution in [-0.4, -0.2) is 58.7 Å². The highest BCUT2D eigenvalue weighted by atomic mass is 16.2. The number of amides is 1. The van der Waals surface area contributed by atoms with Gasteiger partial charge in [0.2, 0.25) is 0 Å². The molecule has 20 heavy (non-hydrogen) atoms. The molecule has 6 heteroatoms. The van der Waals surface area contributed by atoms with Crippen LogP contribution < -0.4 is 5.73 Å². The fourth-order valence-corrected chi connectivity index (χ4v) is 2.90. The molecule has 1 aromatic heterocycles. The lowest BCUT2D eigenvalue weighted by molar-refractivity contribution is 0.0248. The number of anilines is 1. The standard InChI is InChI=1S/C14H25N5O/c1-5-19-12(11(15)9-16-19)13(20)18(4)10-14(17(2)3)7-6-8-14/h9H,5-8,10,15H2,1-4H3. The van der Waals surface area contributed by atoms with Crippen LogP contribution in [0, 0.1) is 0 Å². The average Bonchev–Trinajstić information content (AvgIpc) is 2.73. The summed E-state index contributed by atoms with van der Waals surface area (Å²) in [5.41, 5.74) is 6.96. The molecule has 0 spiro atoms. The van der Waals surface area contributed by atoms with Crippen molar-refractivity contribution in [1.82, 2.24) is 19.6 Å². The summed E-state index contributed by atoms with van der Waals surface area (Å²) in [6.45, 7) is 3.33. The topological polar surface area (TPSA) is 67.4 Å². The largest absolute Gasteiger partial charge is 0.396 e. The molecule has 2 N–H and O–H groups in total. The van der Waals surface area contributed by atoms with Crippen molar-refractivity contribution in [1.29, 1.82) is 0 Å². The molecule has 0 radical (unpaired) electrons. The summed E-state index contributed by atoms with van der Waals surface area (Å²) < 4.78 is 1.66. The molecular formula is C14H25N5O. The molecule has 1 aliphatic carbocycles. The van der Waals surface area contributed by atoms with Crippen molar-refractivity contribution in [2.45, 2.75) is 38.3 Å². The zero-order valence-corrected chi connectivity index (χ0v) is 12.9. The summed E-state index contributed by atoms with van der Waals surface area (Å²) in [5.74, 6) is -0.0463. The molecule has 1 aliphatic rings. The monoisotopic (exact) mass is 279 g/mol. The number of hydrogen-bond acceptors (Lipinski definition) is 4. The number of nitrogens with zero attached hydrogens (tertiary/aromatic N) is 4. The average molecular weight is 279 g/mol. The van der Waals surface area contributed by atoms with Crippen molar-refractivity contribution in [2.75, 3.05) is 33.4 Å². The predicted octanol–water partition coefficient (Wildman–Crippen LogP) is 1.04. The summed E-state index contributed by atoms with van der Waals surface area (Å²) >= 11 is 0. The molecular weight excluding hydrogens is 254 g/mol. The number of rotatable bonds is 5. The molecule has 112 valence electrons. The Morgan fingerprint density at radius 1 is 1.45 bits per heavy atom. The number of likely N-dealkylation sites (N-methyl/N-ethyl adjacent to an activating group) is 2. The Morgan fingerprint density at radius 3 is 2.55 bits per heavy atom. The van der Waals surface area contributed by atoms with Gasteiger partial charge in [-0.3, -0.25) is 9.48 Å². The smallest absolute Gasteiger partial charge is 0.274 e. The van der Waals surface area contributed by atoms with Gasteiger partial charge in [0.1, 0.15) is 5.69 Å². The molecule has 0 bridgehead atoms. The maximum absolute atomic E-state index is 12.6. The molecule has 0 aromatic carbocycles. The molecule has 1 amide bonds. The molecule has 0 atom stereocenters. The van der Waals surface area contributed by atoms with Crippen LogP contribution in [0.25, 0.3) is 0 Å². The van der Waals surface area contributed by atoms with Gasteiger partial charge in [0.25, 0.3) is 5.91 Å². The van der Waals surface area contributed by atoms with Gasteiger partial charge in [-0.15, -0.1) is 0 Å². The number of carbonyl (C=O) groups excluding carboxylic acids is 1. The Hall–Kier alpha value is -1.56. The van der Waals surface area contributed by atoms with Gasteiger partial charge in [-0.05, 0) is 40.3 Å². The van der Waals surface area contributed by atoms with Crippen molar-refractivity contribution >= 4 is 11.6 Å². The fraction of sp³-hybridized carbons (Fsp3) is 0.714. The number of nitrogen functional groups attached to an aromatic ring is 1. The lowest BCUT2D eigenvalue weighted by Crippen LogP contribution is -2.57. The summed E-state index contributed by atoms with van der Waals surface area (Å²) in [7, 11) is 6.02. The molecule has 1 saturated carbocycles.